The van der Waals surface area contributed by atoms with E-state index in [9.17, 15) is 20.3 Å². The second-order valence-electron chi connectivity index (χ2n) is 18.4. The van der Waals surface area contributed by atoms with E-state index in [4.69, 9.17) is 28.9 Å². The molecule has 7 atom stereocenters. The molecular weight excluding hydrogens is 839 g/mol. The Bertz CT molecular complexity index is 2440. The summed E-state index contributed by atoms with van der Waals surface area (Å²) in [6.45, 7) is 5.29. The number of allylic oxidation sites excluding steroid dienone is 1. The van der Waals surface area contributed by atoms with Gasteiger partial charge in [0.1, 0.15) is 23.3 Å². The number of benzene rings is 4. The molecule has 13 heteroatoms. The molecule has 3 fully saturated rings. The second kappa shape index (κ2) is 20.5. The summed E-state index contributed by atoms with van der Waals surface area (Å²) in [5.41, 5.74) is 3.47. The van der Waals surface area contributed by atoms with Crippen LogP contribution in [0, 0.1) is 33.8 Å². The molecule has 13 nitrogen and oxygen atoms in total. The molecule has 0 radical (unpaired) electrons. The Hall–Kier alpha value is -5.60. The first-order valence-electron chi connectivity index (χ1n) is 23.9. The minimum atomic E-state index is -1.43. The van der Waals surface area contributed by atoms with Crippen molar-refractivity contribution in [3.05, 3.63) is 130 Å². The topological polar surface area (TPSA) is 162 Å². The summed E-state index contributed by atoms with van der Waals surface area (Å²) in [5.74, 6) is -0.872. The Balaban J connectivity index is 1.25. The highest BCUT2D eigenvalue weighted by Crippen LogP contribution is 2.62. The number of carbonyl (C=O) groups is 1. The number of rotatable bonds is 20. The number of fused-ring (bicyclic) bond motifs is 3. The summed E-state index contributed by atoms with van der Waals surface area (Å²) in [5, 5.41) is 39.0. The van der Waals surface area contributed by atoms with Crippen LogP contribution in [-0.4, -0.2) is 76.2 Å². The number of amides is 1. The van der Waals surface area contributed by atoms with Gasteiger partial charge in [0.25, 0.3) is 5.69 Å². The fourth-order valence-corrected chi connectivity index (χ4v) is 10.9. The maximum Gasteiger partial charge on any atom is 0.273 e. The van der Waals surface area contributed by atoms with Crippen molar-refractivity contribution in [2.75, 3.05) is 26.4 Å². The van der Waals surface area contributed by atoms with Crippen molar-refractivity contribution < 1.29 is 43.7 Å². The standard InChI is InChI=1S/C53H61N3O10/c1-2-28-63-53-48(55(52(59)36-22-23-36)34-38-16-11-15-35-13-3-4-19-42(35)38)33-46(54-66-49-21-7-10-29-62-49)44-30-37(14-5-8-26-57)43(20-6-9-27-58)50(51(44)53)45-32-41(24-25-47(45)65-53)64-40-18-12-17-39(31-40)56(60)61/h2-4,11-13,15-19,24-25,30-32,36-37,43,48-51,57-58H,1,5-10,14,20-23,26-29,33-34H2. The molecule has 4 aromatic carbocycles. The first-order valence-corrected chi connectivity index (χ1v) is 23.9. The van der Waals surface area contributed by atoms with Gasteiger partial charge in [-0.05, 0) is 109 Å². The average molecular weight is 900 g/mol. The second-order valence-corrected chi connectivity index (χ2v) is 18.4. The van der Waals surface area contributed by atoms with Crippen LogP contribution in [0.5, 0.6) is 17.2 Å². The van der Waals surface area contributed by atoms with E-state index in [0.29, 0.717) is 55.4 Å². The maximum atomic E-state index is 15.1. The number of nitro groups is 1. The Morgan fingerprint density at radius 1 is 0.939 bits per heavy atom. The van der Waals surface area contributed by atoms with Gasteiger partial charge >= 0.3 is 0 Å². The summed E-state index contributed by atoms with van der Waals surface area (Å²) in [6.07, 6.45) is 12.5. The minimum absolute atomic E-state index is 0.000316. The summed E-state index contributed by atoms with van der Waals surface area (Å²) in [7, 11) is 0. The number of non-ortho nitro benzene ring substituents is 1. The van der Waals surface area contributed by atoms with Crippen LogP contribution in [0.25, 0.3) is 10.8 Å². The minimum Gasteiger partial charge on any atom is -0.459 e. The van der Waals surface area contributed by atoms with Crippen molar-refractivity contribution in [3.8, 4) is 17.2 Å². The molecule has 9 rings (SSSR count). The number of hydrogen-bond acceptors (Lipinski definition) is 11. The zero-order chi connectivity index (χ0) is 45.6. The first-order chi connectivity index (χ1) is 32.3. The monoisotopic (exact) mass is 899 g/mol. The zero-order valence-electron chi connectivity index (χ0n) is 37.5. The number of nitro benzene ring substituents is 1. The summed E-state index contributed by atoms with van der Waals surface area (Å²) in [6, 6.07) is 25.6. The zero-order valence-corrected chi connectivity index (χ0v) is 37.5. The van der Waals surface area contributed by atoms with E-state index in [1.807, 2.05) is 41.3 Å². The van der Waals surface area contributed by atoms with E-state index in [1.54, 1.807) is 18.2 Å². The van der Waals surface area contributed by atoms with Crippen LogP contribution in [0.1, 0.15) is 94.1 Å². The lowest BCUT2D eigenvalue weighted by molar-refractivity contribution is -0.384. The molecule has 1 amide bonds. The maximum absolute atomic E-state index is 15.1. The highest BCUT2D eigenvalue weighted by molar-refractivity contribution is 6.03. The highest BCUT2D eigenvalue weighted by atomic mass is 16.8. The van der Waals surface area contributed by atoms with Gasteiger partial charge in [0.05, 0.1) is 35.8 Å². The van der Waals surface area contributed by atoms with E-state index in [-0.39, 0.29) is 61.5 Å². The normalized spacial score (nSPS) is 26.1. The molecule has 0 aromatic heterocycles. The van der Waals surface area contributed by atoms with E-state index in [2.05, 4.69) is 36.9 Å². The van der Waals surface area contributed by atoms with Gasteiger partial charge in [-0.2, -0.15) is 0 Å². The first kappa shape index (κ1) is 45.6. The number of carbonyl (C=O) groups excluding carboxylic acids is 1. The van der Waals surface area contributed by atoms with Crippen LogP contribution in [0.4, 0.5) is 5.69 Å². The quantitative estimate of drug-likeness (QED) is 0.0378. The van der Waals surface area contributed by atoms with Crippen molar-refractivity contribution in [2.45, 2.75) is 108 Å². The lowest BCUT2D eigenvalue weighted by atomic mass is 9.55. The molecule has 7 unspecified atom stereocenters. The van der Waals surface area contributed by atoms with Crippen molar-refractivity contribution in [1.29, 1.82) is 0 Å². The predicted molar refractivity (Wildman–Crippen MR) is 250 cm³/mol. The Morgan fingerprint density at radius 3 is 2.50 bits per heavy atom. The fraction of sp³-hybridized carbons (Fsp3) is 0.472. The molecule has 3 aliphatic carbocycles. The van der Waals surface area contributed by atoms with E-state index >= 15 is 4.79 Å². The van der Waals surface area contributed by atoms with Crippen molar-refractivity contribution >= 4 is 28.1 Å². The molecule has 2 saturated carbocycles. The molecular formula is C53H61N3O10. The van der Waals surface area contributed by atoms with Crippen LogP contribution in [0.15, 0.2) is 114 Å². The molecule has 66 heavy (non-hydrogen) atoms. The van der Waals surface area contributed by atoms with E-state index in [0.717, 1.165) is 78.8 Å². The van der Waals surface area contributed by atoms with Crippen molar-refractivity contribution in [3.63, 3.8) is 0 Å². The predicted octanol–water partition coefficient (Wildman–Crippen LogP) is 10.1. The summed E-state index contributed by atoms with van der Waals surface area (Å²) < 4.78 is 27.2. The molecule has 2 heterocycles. The van der Waals surface area contributed by atoms with E-state index in [1.165, 1.54) is 12.1 Å². The van der Waals surface area contributed by atoms with Gasteiger partial charge in [0, 0.05) is 56.1 Å². The van der Waals surface area contributed by atoms with E-state index < -0.39 is 29.0 Å². The Kier molecular flexibility index (Phi) is 14.2. The van der Waals surface area contributed by atoms with Crippen molar-refractivity contribution in [2.24, 2.45) is 28.8 Å². The number of unbranched alkanes of at least 4 members (excludes halogenated alkanes) is 2. The third-order valence-corrected chi connectivity index (χ3v) is 14.1. The summed E-state index contributed by atoms with van der Waals surface area (Å²) in [4.78, 5) is 34.8. The van der Waals surface area contributed by atoms with Gasteiger partial charge in [-0.25, -0.2) is 0 Å². The fourth-order valence-electron chi connectivity index (χ4n) is 10.9. The van der Waals surface area contributed by atoms with Crippen LogP contribution >= 0.6 is 0 Å². The number of oxime groups is 1. The molecule has 0 spiro atoms. The van der Waals surface area contributed by atoms with Gasteiger partial charge in [-0.15, -0.1) is 6.58 Å². The molecule has 5 aliphatic rings. The molecule has 0 bridgehead atoms. The SMILES string of the molecule is C=CCOC12Oc3ccc(Oc4cccc([N+](=O)[O-])c4)cc3C3C(CCCCO)C(CCCCO)C=C(C(=NOC4CCCCO4)CC1N(Cc1cccc4ccccc14)C(=O)C1CC1)C32. The van der Waals surface area contributed by atoms with Crippen molar-refractivity contribution in [1.82, 2.24) is 4.90 Å². The van der Waals surface area contributed by atoms with Crippen LogP contribution in [0.2, 0.25) is 0 Å². The van der Waals surface area contributed by atoms with Gasteiger partial charge in [-0.3, -0.25) is 14.9 Å². The molecule has 1 saturated heterocycles. The van der Waals surface area contributed by atoms with Crippen LogP contribution < -0.4 is 9.47 Å². The van der Waals surface area contributed by atoms with Gasteiger partial charge in [0.15, 0.2) is 0 Å². The Labute approximate surface area is 386 Å². The molecule has 4 aromatic rings. The van der Waals surface area contributed by atoms with Crippen LogP contribution in [0.3, 0.4) is 0 Å². The number of hydrogen-bond donors (Lipinski definition) is 2. The molecule has 2 aliphatic heterocycles. The number of aliphatic hydroxyl groups excluding tert-OH is 2. The summed E-state index contributed by atoms with van der Waals surface area (Å²) >= 11 is 0. The lowest BCUT2D eigenvalue weighted by Gasteiger charge is -2.60. The average Bonchev–Trinajstić information content (AvgIpc) is 4.20. The molecule has 348 valence electrons. The lowest BCUT2D eigenvalue weighted by Crippen LogP contribution is -2.70. The van der Waals surface area contributed by atoms with Crippen LogP contribution in [-0.2, 0) is 25.7 Å². The number of aliphatic hydroxyl groups is 2. The number of nitrogens with zero attached hydrogens (tertiary/aromatic N) is 3. The third kappa shape index (κ3) is 9.49. The Morgan fingerprint density at radius 2 is 1.73 bits per heavy atom. The van der Waals surface area contributed by atoms with Gasteiger partial charge < -0.3 is 38.9 Å². The molecule has 2 N–H and O–H groups in total. The smallest absolute Gasteiger partial charge is 0.273 e. The van der Waals surface area contributed by atoms with Gasteiger partial charge in [-0.1, -0.05) is 78.7 Å². The number of ether oxygens (including phenoxy) is 4. The third-order valence-electron chi connectivity index (χ3n) is 14.1. The highest BCUT2D eigenvalue weighted by Gasteiger charge is 2.66. The largest absolute Gasteiger partial charge is 0.459 e. The van der Waals surface area contributed by atoms with Gasteiger partial charge in [0.2, 0.25) is 18.0 Å².